The van der Waals surface area contributed by atoms with E-state index >= 15 is 0 Å². The zero-order valence-corrected chi connectivity index (χ0v) is 7.20. The molecule has 0 aromatic carbocycles. The molecule has 0 aliphatic carbocycles. The average Bonchev–Trinajstić information content (AvgIpc) is 2.46. The van der Waals surface area contributed by atoms with Crippen LogP contribution < -0.4 is 5.56 Å². The molecule has 0 unspecified atom stereocenters. The van der Waals surface area contributed by atoms with Crippen molar-refractivity contribution in [2.75, 3.05) is 0 Å². The third kappa shape index (κ3) is 1.08. The summed E-state index contributed by atoms with van der Waals surface area (Å²) < 4.78 is 4.77. The van der Waals surface area contributed by atoms with Crippen LogP contribution in [0.5, 0.6) is 0 Å². The van der Waals surface area contributed by atoms with E-state index in [9.17, 15) is 9.59 Å². The van der Waals surface area contributed by atoms with Crippen molar-refractivity contribution in [3.63, 3.8) is 0 Å². The van der Waals surface area contributed by atoms with Crippen molar-refractivity contribution < 1.29 is 14.4 Å². The van der Waals surface area contributed by atoms with E-state index in [4.69, 9.17) is 9.63 Å². The fourth-order valence-corrected chi connectivity index (χ4v) is 1.18. The molecular weight excluding hydrogens is 188 g/mol. The number of aromatic carboxylic acids is 1. The summed E-state index contributed by atoms with van der Waals surface area (Å²) in [4.78, 5) is 24.1. The van der Waals surface area contributed by atoms with Crippen LogP contribution in [-0.2, 0) is 0 Å². The highest BCUT2D eigenvalue weighted by atomic mass is 16.5. The standard InChI is InChI=1S/C8H6N2O4/c1-3-4-2-5(8(12)13)6(11)9-7(4)14-10-3/h2H,1H3,(H,9,11)(H,12,13). The van der Waals surface area contributed by atoms with Crippen LogP contribution in [0.2, 0.25) is 0 Å². The molecule has 6 heteroatoms. The fourth-order valence-electron chi connectivity index (χ4n) is 1.18. The van der Waals surface area contributed by atoms with Crippen LogP contribution in [0.1, 0.15) is 16.1 Å². The summed E-state index contributed by atoms with van der Waals surface area (Å²) in [6.07, 6.45) is 0. The third-order valence-corrected chi connectivity index (χ3v) is 1.90. The number of aryl methyl sites for hydroxylation is 1. The summed E-state index contributed by atoms with van der Waals surface area (Å²) in [5, 5.41) is 12.8. The van der Waals surface area contributed by atoms with Gasteiger partial charge in [0.25, 0.3) is 5.56 Å². The minimum Gasteiger partial charge on any atom is -0.477 e. The van der Waals surface area contributed by atoms with E-state index in [-0.39, 0.29) is 11.3 Å². The highest BCUT2D eigenvalue weighted by Crippen LogP contribution is 2.14. The molecule has 72 valence electrons. The third-order valence-electron chi connectivity index (χ3n) is 1.90. The number of nitrogens with one attached hydrogen (secondary N) is 1. The van der Waals surface area contributed by atoms with Gasteiger partial charge < -0.3 is 9.63 Å². The Morgan fingerprint density at radius 3 is 3.00 bits per heavy atom. The van der Waals surface area contributed by atoms with Crippen molar-refractivity contribution in [3.05, 3.63) is 27.7 Å². The van der Waals surface area contributed by atoms with Gasteiger partial charge in [0.05, 0.1) is 11.1 Å². The first-order valence-corrected chi connectivity index (χ1v) is 3.82. The van der Waals surface area contributed by atoms with Gasteiger partial charge in [-0.1, -0.05) is 5.16 Å². The monoisotopic (exact) mass is 194 g/mol. The van der Waals surface area contributed by atoms with Crippen LogP contribution in [0.3, 0.4) is 0 Å². The number of aromatic amines is 1. The molecule has 2 aromatic heterocycles. The highest BCUT2D eigenvalue weighted by Gasteiger charge is 2.13. The summed E-state index contributed by atoms with van der Waals surface area (Å²) in [5.41, 5.74) is -0.277. The van der Waals surface area contributed by atoms with E-state index in [1.807, 2.05) is 0 Å². The van der Waals surface area contributed by atoms with Gasteiger partial charge in [0, 0.05) is 0 Å². The number of carboxylic acids is 1. The van der Waals surface area contributed by atoms with Crippen LogP contribution in [0, 0.1) is 6.92 Å². The second kappa shape index (κ2) is 2.69. The molecule has 14 heavy (non-hydrogen) atoms. The fraction of sp³-hybridized carbons (Fsp3) is 0.125. The van der Waals surface area contributed by atoms with Gasteiger partial charge in [-0.05, 0) is 13.0 Å². The maximum absolute atomic E-state index is 11.2. The predicted molar refractivity (Wildman–Crippen MR) is 46.3 cm³/mol. The molecule has 2 rings (SSSR count). The number of rotatable bonds is 1. The first kappa shape index (κ1) is 8.49. The number of nitrogens with zero attached hydrogens (tertiary/aromatic N) is 1. The number of hydrogen-bond donors (Lipinski definition) is 2. The molecule has 0 amide bonds. The Labute approximate surface area is 77.1 Å². The summed E-state index contributed by atoms with van der Waals surface area (Å²) in [7, 11) is 0. The Hall–Kier alpha value is -2.11. The van der Waals surface area contributed by atoms with Gasteiger partial charge in [-0.25, -0.2) is 4.79 Å². The lowest BCUT2D eigenvalue weighted by Crippen LogP contribution is -2.16. The van der Waals surface area contributed by atoms with Crippen molar-refractivity contribution in [2.24, 2.45) is 0 Å². The van der Waals surface area contributed by atoms with Gasteiger partial charge in [-0.3, -0.25) is 9.78 Å². The van der Waals surface area contributed by atoms with E-state index in [0.29, 0.717) is 11.1 Å². The number of carbonyl (C=O) groups is 1. The molecular formula is C8H6N2O4. The lowest BCUT2D eigenvalue weighted by Gasteiger charge is -1.92. The number of pyridine rings is 1. The van der Waals surface area contributed by atoms with Crippen LogP contribution in [0.4, 0.5) is 0 Å². The molecule has 0 spiro atoms. The van der Waals surface area contributed by atoms with Gasteiger partial charge in [0.2, 0.25) is 5.71 Å². The molecule has 0 bridgehead atoms. The lowest BCUT2D eigenvalue weighted by atomic mass is 10.2. The molecule has 0 aliphatic rings. The highest BCUT2D eigenvalue weighted by molar-refractivity contribution is 5.91. The summed E-state index contributed by atoms with van der Waals surface area (Å²) >= 11 is 0. The van der Waals surface area contributed by atoms with Crippen LogP contribution in [-0.4, -0.2) is 21.2 Å². The minimum absolute atomic E-state index is 0.192. The number of H-pyrrole nitrogens is 1. The smallest absolute Gasteiger partial charge is 0.341 e. The number of carboxylic acid groups (broad SMARTS) is 1. The molecule has 0 saturated carbocycles. The van der Waals surface area contributed by atoms with Crippen LogP contribution in [0.15, 0.2) is 15.4 Å². The van der Waals surface area contributed by atoms with Crippen molar-refractivity contribution in [2.45, 2.75) is 6.92 Å². The average molecular weight is 194 g/mol. The number of hydrogen-bond acceptors (Lipinski definition) is 4. The van der Waals surface area contributed by atoms with Crippen LogP contribution in [0.25, 0.3) is 11.1 Å². The van der Waals surface area contributed by atoms with E-state index in [2.05, 4.69) is 10.1 Å². The summed E-state index contributed by atoms with van der Waals surface area (Å²) in [6.45, 7) is 1.66. The normalized spacial score (nSPS) is 10.6. The Balaban J connectivity index is 2.87. The first-order valence-electron chi connectivity index (χ1n) is 3.82. The molecule has 2 heterocycles. The van der Waals surface area contributed by atoms with Crippen molar-refractivity contribution in [1.29, 1.82) is 0 Å². The zero-order chi connectivity index (χ0) is 10.3. The molecule has 2 aromatic rings. The maximum atomic E-state index is 11.2. The van der Waals surface area contributed by atoms with Gasteiger partial charge >= 0.3 is 5.97 Å². The minimum atomic E-state index is -1.27. The quantitative estimate of drug-likeness (QED) is 0.689. The summed E-state index contributed by atoms with van der Waals surface area (Å²) in [6, 6.07) is 1.25. The largest absolute Gasteiger partial charge is 0.477 e. The van der Waals surface area contributed by atoms with E-state index in [1.165, 1.54) is 6.07 Å². The zero-order valence-electron chi connectivity index (χ0n) is 7.20. The van der Waals surface area contributed by atoms with Crippen LogP contribution >= 0.6 is 0 Å². The van der Waals surface area contributed by atoms with Crippen molar-refractivity contribution >= 4 is 17.1 Å². The Morgan fingerprint density at radius 1 is 1.64 bits per heavy atom. The molecule has 0 saturated heterocycles. The Morgan fingerprint density at radius 2 is 2.36 bits per heavy atom. The van der Waals surface area contributed by atoms with E-state index in [0.717, 1.165) is 0 Å². The molecule has 0 atom stereocenters. The molecule has 6 nitrogen and oxygen atoms in total. The van der Waals surface area contributed by atoms with Crippen molar-refractivity contribution in [3.8, 4) is 0 Å². The molecule has 0 fully saturated rings. The number of aromatic nitrogens is 2. The Kier molecular flexibility index (Phi) is 1.63. The Bertz CT molecular complexity index is 566. The molecule has 2 N–H and O–H groups in total. The van der Waals surface area contributed by atoms with Gasteiger partial charge in [0.15, 0.2) is 0 Å². The van der Waals surface area contributed by atoms with E-state index in [1.54, 1.807) is 6.92 Å². The predicted octanol–water partition coefficient (Wildman–Crippen LogP) is 0.523. The second-order valence-electron chi connectivity index (χ2n) is 2.83. The molecule has 0 aliphatic heterocycles. The molecule has 0 radical (unpaired) electrons. The topological polar surface area (TPSA) is 96.2 Å². The van der Waals surface area contributed by atoms with Gasteiger partial charge in [-0.2, -0.15) is 0 Å². The summed E-state index contributed by atoms with van der Waals surface area (Å²) in [5.74, 6) is -1.27. The maximum Gasteiger partial charge on any atom is 0.341 e. The second-order valence-corrected chi connectivity index (χ2v) is 2.83. The van der Waals surface area contributed by atoms with Gasteiger partial charge in [-0.15, -0.1) is 0 Å². The first-order chi connectivity index (χ1) is 6.59. The lowest BCUT2D eigenvalue weighted by molar-refractivity contribution is 0.0695. The SMILES string of the molecule is Cc1noc2[nH]c(=O)c(C(=O)O)cc12. The van der Waals surface area contributed by atoms with Gasteiger partial charge in [0.1, 0.15) is 5.56 Å². The van der Waals surface area contributed by atoms with Crippen molar-refractivity contribution in [1.82, 2.24) is 10.1 Å². The van der Waals surface area contributed by atoms with E-state index < -0.39 is 11.5 Å². The number of fused-ring (bicyclic) bond motifs is 1.